The number of phenolic OH excluding ortho intramolecular Hbond substituents is 1. The number of carbonyl (C=O) groups is 2. The Labute approximate surface area is 233 Å². The number of rotatable bonds is 7. The number of carbonyl (C=O) groups excluding carboxylic acids is 2. The highest BCUT2D eigenvalue weighted by molar-refractivity contribution is 6.58. The van der Waals surface area contributed by atoms with Crippen molar-refractivity contribution in [1.29, 1.82) is 0 Å². The number of hydrogen-bond acceptors (Lipinski definition) is 7. The summed E-state index contributed by atoms with van der Waals surface area (Å²) in [4.78, 5) is 28.5. The summed E-state index contributed by atoms with van der Waals surface area (Å²) in [7, 11) is -2.82. The van der Waals surface area contributed by atoms with Crippen molar-refractivity contribution < 1.29 is 38.8 Å². The molecule has 0 aromatic heterocycles. The molecule has 0 spiro atoms. The molecule has 3 aliphatic rings. The van der Waals surface area contributed by atoms with Crippen LogP contribution in [0.3, 0.4) is 0 Å². The average molecular weight is 547 g/mol. The first-order valence-corrected chi connectivity index (χ1v) is 13.6. The van der Waals surface area contributed by atoms with Crippen LogP contribution >= 0.6 is 0 Å². The van der Waals surface area contributed by atoms with E-state index in [0.717, 1.165) is 21.6 Å². The number of amides is 2. The Morgan fingerprint density at radius 1 is 1.18 bits per heavy atom. The van der Waals surface area contributed by atoms with Gasteiger partial charge in [0.15, 0.2) is 11.6 Å². The minimum atomic E-state index is -1.73. The van der Waals surface area contributed by atoms with Crippen LogP contribution in [0, 0.1) is 23.6 Å². The van der Waals surface area contributed by atoms with Crippen LogP contribution in [-0.2, 0) is 14.2 Å². The molecular weight excluding hydrogens is 515 g/mol. The van der Waals surface area contributed by atoms with Crippen LogP contribution in [-0.4, -0.2) is 52.3 Å². The zero-order valence-corrected chi connectivity index (χ0v) is 22.5. The van der Waals surface area contributed by atoms with Gasteiger partial charge in [-0.25, -0.2) is 4.39 Å². The maximum absolute atomic E-state index is 13.8. The fraction of sp³-hybridized carbons (Fsp3) is 0.379. The molecule has 2 heterocycles. The SMILES string of the molecule is CCC1=C2[C@@H](CC/C(C)=C/c3ccc(O)c(F)c3)OB(O)C[C@@H]2[C@@H]2C(=O)N(c3cccc(B(O)O)c3)C(=O)[C@@H]2C1. The fourth-order valence-electron chi connectivity index (χ4n) is 6.51. The lowest BCUT2D eigenvalue weighted by atomic mass is 9.58. The summed E-state index contributed by atoms with van der Waals surface area (Å²) >= 11 is 0. The van der Waals surface area contributed by atoms with Crippen molar-refractivity contribution in [3.05, 3.63) is 70.6 Å². The molecule has 2 saturated heterocycles. The van der Waals surface area contributed by atoms with Crippen LogP contribution in [0.4, 0.5) is 10.1 Å². The van der Waals surface area contributed by atoms with Crippen LogP contribution in [0.5, 0.6) is 5.75 Å². The molecule has 2 aromatic rings. The van der Waals surface area contributed by atoms with E-state index in [9.17, 15) is 34.2 Å². The van der Waals surface area contributed by atoms with E-state index in [1.165, 1.54) is 24.3 Å². The Kier molecular flexibility index (Phi) is 8.01. The van der Waals surface area contributed by atoms with E-state index in [-0.39, 0.29) is 29.5 Å². The van der Waals surface area contributed by atoms with Gasteiger partial charge in [-0.05, 0) is 85.7 Å². The van der Waals surface area contributed by atoms with Crippen LogP contribution < -0.4 is 10.4 Å². The summed E-state index contributed by atoms with van der Waals surface area (Å²) in [6.07, 6.45) is 3.84. The third kappa shape index (κ3) is 5.26. The van der Waals surface area contributed by atoms with Gasteiger partial charge >= 0.3 is 14.2 Å². The molecular formula is C29H32B2FNO7. The van der Waals surface area contributed by atoms with E-state index in [0.29, 0.717) is 36.9 Å². The highest BCUT2D eigenvalue weighted by atomic mass is 19.1. The lowest BCUT2D eigenvalue weighted by molar-refractivity contribution is -0.122. The van der Waals surface area contributed by atoms with Gasteiger partial charge in [0.25, 0.3) is 0 Å². The topological polar surface area (TPSA) is 128 Å². The molecule has 0 unspecified atom stereocenters. The van der Waals surface area contributed by atoms with Crippen LogP contribution in [0.15, 0.2) is 59.2 Å². The van der Waals surface area contributed by atoms with Gasteiger partial charge in [0.2, 0.25) is 11.8 Å². The Hall–Kier alpha value is -3.24. The zero-order chi connectivity index (χ0) is 28.7. The van der Waals surface area contributed by atoms with E-state index < -0.39 is 43.7 Å². The smallest absolute Gasteiger partial charge is 0.488 e. The molecule has 2 aliphatic heterocycles. The summed E-state index contributed by atoms with van der Waals surface area (Å²) in [6.45, 7) is 3.93. The van der Waals surface area contributed by atoms with E-state index in [4.69, 9.17) is 4.65 Å². The number of allylic oxidation sites excluding steroid dienone is 2. The number of anilines is 1. The average Bonchev–Trinajstić information content (AvgIpc) is 3.18. The van der Waals surface area contributed by atoms with Gasteiger partial charge in [-0.15, -0.1) is 0 Å². The number of aromatic hydroxyl groups is 1. The predicted octanol–water partition coefficient (Wildman–Crippen LogP) is 2.81. The van der Waals surface area contributed by atoms with Crippen LogP contribution in [0.2, 0.25) is 6.32 Å². The third-order valence-corrected chi connectivity index (χ3v) is 8.35. The minimum Gasteiger partial charge on any atom is -0.505 e. The van der Waals surface area contributed by atoms with E-state index in [1.54, 1.807) is 18.2 Å². The van der Waals surface area contributed by atoms with Gasteiger partial charge in [0.1, 0.15) is 0 Å². The minimum absolute atomic E-state index is 0.182. The van der Waals surface area contributed by atoms with Gasteiger partial charge in [-0.3, -0.25) is 14.5 Å². The summed E-state index contributed by atoms with van der Waals surface area (Å²) in [5.41, 5.74) is 4.11. The molecule has 2 fully saturated rings. The van der Waals surface area contributed by atoms with Crippen LogP contribution in [0.25, 0.3) is 6.08 Å². The summed E-state index contributed by atoms with van der Waals surface area (Å²) in [5.74, 6) is -3.32. The Balaban J connectivity index is 1.41. The lowest BCUT2D eigenvalue weighted by Crippen LogP contribution is -2.46. The molecule has 2 amide bonds. The molecule has 11 heteroatoms. The first-order chi connectivity index (χ1) is 19.1. The molecule has 0 saturated carbocycles. The van der Waals surface area contributed by atoms with Crippen molar-refractivity contribution >= 4 is 43.3 Å². The van der Waals surface area contributed by atoms with Crippen molar-refractivity contribution in [3.63, 3.8) is 0 Å². The molecule has 4 atom stereocenters. The third-order valence-electron chi connectivity index (χ3n) is 8.35. The number of benzene rings is 2. The standard InChI is InChI=1S/C29H32B2FNO7/c1-3-18-13-21-27(29(36)33(28(21)35)20-6-4-5-19(14-20)31(38)39)22-15-30(37)40-25(26(18)22)10-7-16(2)11-17-8-9-24(34)23(32)12-17/h4-6,8-9,11-12,14,21-22,25,27,34,37-39H,3,7,10,13,15H2,1-2H3/b16-11+/t21-,22+,25-,27-/m1/s1. The first-order valence-electron chi connectivity index (χ1n) is 13.6. The number of halogens is 1. The monoisotopic (exact) mass is 547 g/mol. The van der Waals surface area contributed by atoms with E-state index >= 15 is 0 Å². The summed E-state index contributed by atoms with van der Waals surface area (Å²) in [6, 6.07) is 10.3. The molecule has 1 aliphatic carbocycles. The van der Waals surface area contributed by atoms with Gasteiger partial charge in [0, 0.05) is 0 Å². The molecule has 0 radical (unpaired) electrons. The van der Waals surface area contributed by atoms with Gasteiger partial charge in [-0.2, -0.15) is 0 Å². The first kappa shape index (κ1) is 28.3. The second-order valence-corrected chi connectivity index (χ2v) is 10.9. The molecule has 40 heavy (non-hydrogen) atoms. The number of hydrogen-bond donors (Lipinski definition) is 4. The second-order valence-electron chi connectivity index (χ2n) is 10.9. The lowest BCUT2D eigenvalue weighted by Gasteiger charge is -2.43. The largest absolute Gasteiger partial charge is 0.505 e. The second kappa shape index (κ2) is 11.3. The zero-order valence-electron chi connectivity index (χ0n) is 22.5. The van der Waals surface area contributed by atoms with Crippen LogP contribution in [0.1, 0.15) is 45.1 Å². The van der Waals surface area contributed by atoms with E-state index in [1.807, 2.05) is 19.9 Å². The van der Waals surface area contributed by atoms with Crippen molar-refractivity contribution in [2.24, 2.45) is 17.8 Å². The number of fused-ring (bicyclic) bond motifs is 3. The summed E-state index contributed by atoms with van der Waals surface area (Å²) < 4.78 is 19.8. The molecule has 5 rings (SSSR count). The normalized spacial score (nSPS) is 24.9. The maximum atomic E-state index is 13.8. The van der Waals surface area contributed by atoms with Crippen molar-refractivity contribution in [2.45, 2.75) is 52.0 Å². The fourth-order valence-corrected chi connectivity index (χ4v) is 6.51. The maximum Gasteiger partial charge on any atom is 0.488 e. The quantitative estimate of drug-likeness (QED) is 0.239. The van der Waals surface area contributed by atoms with Gasteiger partial charge in [-0.1, -0.05) is 42.3 Å². The predicted molar refractivity (Wildman–Crippen MR) is 150 cm³/mol. The highest BCUT2D eigenvalue weighted by Gasteiger charge is 2.57. The molecule has 208 valence electrons. The Bertz CT molecular complexity index is 1390. The van der Waals surface area contributed by atoms with Crippen molar-refractivity contribution in [3.8, 4) is 5.75 Å². The number of phenols is 1. The Morgan fingerprint density at radius 2 is 1.95 bits per heavy atom. The molecule has 0 bridgehead atoms. The molecule has 4 N–H and O–H groups in total. The number of nitrogens with zero attached hydrogens (tertiary/aromatic N) is 1. The van der Waals surface area contributed by atoms with Gasteiger partial charge < -0.3 is 24.8 Å². The van der Waals surface area contributed by atoms with Gasteiger partial charge in [0.05, 0.1) is 23.6 Å². The van der Waals surface area contributed by atoms with Crippen molar-refractivity contribution in [2.75, 3.05) is 4.90 Å². The molecule has 2 aromatic carbocycles. The Morgan fingerprint density at radius 3 is 2.65 bits per heavy atom. The number of imide groups is 1. The summed E-state index contributed by atoms with van der Waals surface area (Å²) in [5, 5.41) is 39.3. The van der Waals surface area contributed by atoms with Crippen molar-refractivity contribution in [1.82, 2.24) is 0 Å². The van der Waals surface area contributed by atoms with E-state index in [2.05, 4.69) is 0 Å². The highest BCUT2D eigenvalue weighted by Crippen LogP contribution is 2.51. The molecule has 8 nitrogen and oxygen atoms in total.